The van der Waals surface area contributed by atoms with Crippen LogP contribution in [0.3, 0.4) is 0 Å². The van der Waals surface area contributed by atoms with Crippen molar-refractivity contribution in [1.82, 2.24) is 10.6 Å². The third-order valence-electron chi connectivity index (χ3n) is 4.32. The van der Waals surface area contributed by atoms with Crippen LogP contribution in [0.15, 0.2) is 29.5 Å². The molecule has 1 heterocycles. The van der Waals surface area contributed by atoms with Crippen molar-refractivity contribution < 1.29 is 23.9 Å². The Morgan fingerprint density at radius 1 is 1.12 bits per heavy atom. The molecule has 1 aliphatic rings. The molecule has 2 amide bonds. The zero-order valence-electron chi connectivity index (χ0n) is 15.5. The second kappa shape index (κ2) is 8.51. The molecule has 2 rings (SSSR count). The van der Waals surface area contributed by atoms with Gasteiger partial charge in [-0.3, -0.25) is 0 Å². The summed E-state index contributed by atoms with van der Waals surface area (Å²) >= 11 is 0. The second-order valence-electron chi connectivity index (χ2n) is 6.00. The molecule has 140 valence electrons. The maximum Gasteiger partial charge on any atom is 0.338 e. The van der Waals surface area contributed by atoms with Crippen LogP contribution in [0, 0.1) is 13.8 Å². The highest BCUT2D eigenvalue weighted by molar-refractivity contribution is 5.95. The number of aryl methyl sites for hydroxylation is 1. The Morgan fingerprint density at radius 2 is 1.85 bits per heavy atom. The number of rotatable bonds is 6. The zero-order chi connectivity index (χ0) is 19.3. The van der Waals surface area contributed by atoms with Gasteiger partial charge in [0, 0.05) is 0 Å². The minimum Gasteiger partial charge on any atom is -0.463 e. The quantitative estimate of drug-likeness (QED) is 0.760. The van der Waals surface area contributed by atoms with Crippen LogP contribution < -0.4 is 10.6 Å². The summed E-state index contributed by atoms with van der Waals surface area (Å²) in [5, 5.41) is 5.23. The Balaban J connectivity index is 2.25. The highest BCUT2D eigenvalue weighted by Gasteiger charge is 2.32. The lowest BCUT2D eigenvalue weighted by atomic mass is 10.0. The van der Waals surface area contributed by atoms with E-state index in [0.29, 0.717) is 12.0 Å². The first-order chi connectivity index (χ1) is 12.4. The van der Waals surface area contributed by atoms with E-state index in [1.165, 1.54) is 0 Å². The molecule has 0 radical (unpaired) electrons. The molecule has 1 atom stereocenters. The van der Waals surface area contributed by atoms with Gasteiger partial charge >= 0.3 is 18.0 Å². The Bertz CT molecular complexity index is 754. The molecule has 2 N–H and O–H groups in total. The van der Waals surface area contributed by atoms with Gasteiger partial charge < -0.3 is 20.1 Å². The fraction of sp³-hybridized carbons (Fsp3) is 0.421. The van der Waals surface area contributed by atoms with Gasteiger partial charge in [-0.05, 0) is 44.4 Å². The SMILES string of the molecule is CCOC(=O)C1=C(COC(=O)c2cccc(C)c2C)NC(=O)N[C@H]1CC. The topological polar surface area (TPSA) is 93.7 Å². The first-order valence-corrected chi connectivity index (χ1v) is 8.60. The summed E-state index contributed by atoms with van der Waals surface area (Å²) in [6.45, 7) is 7.29. The van der Waals surface area contributed by atoms with E-state index in [1.807, 2.05) is 26.8 Å². The first-order valence-electron chi connectivity index (χ1n) is 8.60. The van der Waals surface area contributed by atoms with Gasteiger partial charge in [-0.2, -0.15) is 0 Å². The Labute approximate surface area is 152 Å². The molecule has 7 nitrogen and oxygen atoms in total. The van der Waals surface area contributed by atoms with E-state index in [4.69, 9.17) is 9.47 Å². The number of ether oxygens (including phenoxy) is 2. The van der Waals surface area contributed by atoms with Crippen molar-refractivity contribution in [3.05, 3.63) is 46.2 Å². The Morgan fingerprint density at radius 3 is 2.50 bits per heavy atom. The number of nitrogens with one attached hydrogen (secondary N) is 2. The van der Waals surface area contributed by atoms with E-state index in [-0.39, 0.29) is 24.5 Å². The lowest BCUT2D eigenvalue weighted by Crippen LogP contribution is -2.51. The van der Waals surface area contributed by atoms with Crippen molar-refractivity contribution in [2.24, 2.45) is 0 Å². The van der Waals surface area contributed by atoms with Gasteiger partial charge in [0.15, 0.2) is 0 Å². The molecule has 0 spiro atoms. The summed E-state index contributed by atoms with van der Waals surface area (Å²) in [6.07, 6.45) is 0.510. The average molecular weight is 360 g/mol. The number of esters is 2. The van der Waals surface area contributed by atoms with Crippen LogP contribution in [0.5, 0.6) is 0 Å². The number of hydrogen-bond donors (Lipinski definition) is 2. The minimum atomic E-state index is -0.537. The van der Waals surface area contributed by atoms with Gasteiger partial charge in [0.25, 0.3) is 0 Å². The molecule has 0 fully saturated rings. The lowest BCUT2D eigenvalue weighted by molar-refractivity contribution is -0.139. The largest absolute Gasteiger partial charge is 0.463 e. The number of amides is 2. The second-order valence-corrected chi connectivity index (χ2v) is 6.00. The van der Waals surface area contributed by atoms with Crippen molar-refractivity contribution in [3.63, 3.8) is 0 Å². The van der Waals surface area contributed by atoms with E-state index in [1.54, 1.807) is 19.1 Å². The van der Waals surface area contributed by atoms with Crippen molar-refractivity contribution in [1.29, 1.82) is 0 Å². The fourth-order valence-corrected chi connectivity index (χ4v) is 2.76. The molecule has 0 bridgehead atoms. The van der Waals surface area contributed by atoms with E-state index in [0.717, 1.165) is 11.1 Å². The van der Waals surface area contributed by atoms with Gasteiger partial charge in [-0.15, -0.1) is 0 Å². The van der Waals surface area contributed by atoms with Crippen LogP contribution in [-0.4, -0.2) is 37.2 Å². The summed E-state index contributed by atoms with van der Waals surface area (Å²) in [5.74, 6) is -1.05. The normalized spacial score (nSPS) is 16.6. The van der Waals surface area contributed by atoms with E-state index in [9.17, 15) is 14.4 Å². The summed E-state index contributed by atoms with van der Waals surface area (Å²) in [5.41, 5.74) is 2.79. The maximum atomic E-state index is 12.4. The van der Waals surface area contributed by atoms with Gasteiger partial charge in [0.05, 0.1) is 29.5 Å². The van der Waals surface area contributed by atoms with Crippen LogP contribution in [0.4, 0.5) is 4.79 Å². The Kier molecular flexibility index (Phi) is 6.38. The Hall–Kier alpha value is -2.83. The number of carbonyl (C=O) groups is 3. The maximum absolute atomic E-state index is 12.4. The van der Waals surface area contributed by atoms with Crippen LogP contribution in [0.1, 0.15) is 41.8 Å². The average Bonchev–Trinajstić information content (AvgIpc) is 2.61. The minimum absolute atomic E-state index is 0.211. The van der Waals surface area contributed by atoms with Crippen molar-refractivity contribution in [2.45, 2.75) is 40.2 Å². The molecule has 0 saturated heterocycles. The number of carbonyl (C=O) groups excluding carboxylic acids is 3. The summed E-state index contributed by atoms with van der Waals surface area (Å²) in [6, 6.07) is 4.44. The number of urea groups is 1. The molecule has 1 aromatic carbocycles. The van der Waals surface area contributed by atoms with Crippen LogP contribution in [0.25, 0.3) is 0 Å². The van der Waals surface area contributed by atoms with Gasteiger partial charge in [0.1, 0.15) is 6.61 Å². The molecule has 0 aliphatic carbocycles. The summed E-state index contributed by atoms with van der Waals surface area (Å²) in [7, 11) is 0. The standard InChI is InChI=1S/C19H24N2O5/c1-5-14-16(18(23)25-6-2)15(21-19(24)20-14)10-26-17(22)13-9-7-8-11(3)12(13)4/h7-9,14H,5-6,10H2,1-4H3,(H2,20,21,24)/t14-/m0/s1. The monoisotopic (exact) mass is 360 g/mol. The molecule has 1 aliphatic heterocycles. The molecular weight excluding hydrogens is 336 g/mol. The molecule has 0 aromatic heterocycles. The van der Waals surface area contributed by atoms with Gasteiger partial charge in [-0.25, -0.2) is 14.4 Å². The molecule has 0 unspecified atom stereocenters. The van der Waals surface area contributed by atoms with Gasteiger partial charge in [-0.1, -0.05) is 19.1 Å². The van der Waals surface area contributed by atoms with E-state index in [2.05, 4.69) is 10.6 Å². The molecule has 26 heavy (non-hydrogen) atoms. The van der Waals surface area contributed by atoms with Crippen LogP contribution in [0.2, 0.25) is 0 Å². The number of benzene rings is 1. The summed E-state index contributed by atoms with van der Waals surface area (Å²) in [4.78, 5) is 36.5. The predicted molar refractivity (Wildman–Crippen MR) is 95.6 cm³/mol. The zero-order valence-corrected chi connectivity index (χ0v) is 15.5. The third-order valence-corrected chi connectivity index (χ3v) is 4.32. The molecule has 7 heteroatoms. The van der Waals surface area contributed by atoms with E-state index < -0.39 is 24.0 Å². The molecule has 1 aromatic rings. The lowest BCUT2D eigenvalue weighted by Gasteiger charge is -2.28. The smallest absolute Gasteiger partial charge is 0.338 e. The molecular formula is C19H24N2O5. The fourth-order valence-electron chi connectivity index (χ4n) is 2.76. The van der Waals surface area contributed by atoms with Gasteiger partial charge in [0.2, 0.25) is 0 Å². The summed E-state index contributed by atoms with van der Waals surface area (Å²) < 4.78 is 10.4. The highest BCUT2D eigenvalue weighted by atomic mass is 16.5. The third kappa shape index (κ3) is 4.22. The van der Waals surface area contributed by atoms with Crippen molar-refractivity contribution in [2.75, 3.05) is 13.2 Å². The highest BCUT2D eigenvalue weighted by Crippen LogP contribution is 2.19. The van der Waals surface area contributed by atoms with Crippen LogP contribution >= 0.6 is 0 Å². The predicted octanol–water partition coefficient (Wildman–Crippen LogP) is 2.37. The van der Waals surface area contributed by atoms with Crippen molar-refractivity contribution >= 4 is 18.0 Å². The van der Waals surface area contributed by atoms with Crippen molar-refractivity contribution in [3.8, 4) is 0 Å². The van der Waals surface area contributed by atoms with Crippen LogP contribution in [-0.2, 0) is 14.3 Å². The first kappa shape index (κ1) is 19.5. The van der Waals surface area contributed by atoms with E-state index >= 15 is 0 Å². The molecule has 0 saturated carbocycles. The number of hydrogen-bond acceptors (Lipinski definition) is 5.